The van der Waals surface area contributed by atoms with Crippen molar-refractivity contribution < 1.29 is 32.4 Å². The van der Waals surface area contributed by atoms with Crippen molar-refractivity contribution in [2.24, 2.45) is 0 Å². The third kappa shape index (κ3) is 4.03. The smallest absolute Gasteiger partial charge is 0.312 e. The van der Waals surface area contributed by atoms with E-state index >= 15 is 0 Å². The zero-order valence-corrected chi connectivity index (χ0v) is 11.1. The number of halogens is 2. The van der Waals surface area contributed by atoms with E-state index in [0.29, 0.717) is 12.1 Å². The summed E-state index contributed by atoms with van der Waals surface area (Å²) in [4.78, 5) is 19.0. The summed E-state index contributed by atoms with van der Waals surface area (Å²) >= 11 is 0. The summed E-state index contributed by atoms with van der Waals surface area (Å²) in [5.41, 5.74) is -0.837. The van der Waals surface area contributed by atoms with Crippen LogP contribution >= 0.6 is 10.7 Å². The Bertz CT molecular complexity index is 661. The topological polar surface area (TPSA) is 124 Å². The van der Waals surface area contributed by atoms with E-state index in [4.69, 9.17) is 20.5 Å². The van der Waals surface area contributed by atoms with Crippen LogP contribution in [0.5, 0.6) is 5.75 Å². The van der Waals surface area contributed by atoms with Gasteiger partial charge in [-0.15, -0.1) is 0 Å². The first-order valence-electron chi connectivity index (χ1n) is 4.90. The Balaban J connectivity index is 3.22. The number of rotatable bonds is 6. The van der Waals surface area contributed by atoms with Crippen molar-refractivity contribution in [2.75, 3.05) is 6.61 Å². The van der Waals surface area contributed by atoms with Crippen LogP contribution in [0.1, 0.15) is 6.42 Å². The van der Waals surface area contributed by atoms with Gasteiger partial charge in [0.2, 0.25) is 0 Å². The molecular formula is C9H7ClFNO7S. The van der Waals surface area contributed by atoms with Crippen LogP contribution in [0.15, 0.2) is 17.0 Å². The third-order valence-electron chi connectivity index (χ3n) is 2.05. The molecule has 0 saturated carbocycles. The van der Waals surface area contributed by atoms with Gasteiger partial charge in [-0.3, -0.25) is 14.9 Å². The molecule has 11 heteroatoms. The minimum atomic E-state index is -4.50. The van der Waals surface area contributed by atoms with E-state index in [1.165, 1.54) is 0 Å². The molecule has 1 aromatic carbocycles. The third-order valence-corrected chi connectivity index (χ3v) is 3.38. The summed E-state index contributed by atoms with van der Waals surface area (Å²) in [5, 5.41) is 19.1. The average molecular weight is 328 g/mol. The van der Waals surface area contributed by atoms with Gasteiger partial charge in [0.05, 0.1) is 18.0 Å². The number of carboxylic acids is 1. The lowest BCUT2D eigenvalue weighted by atomic mass is 10.3. The molecule has 0 radical (unpaired) electrons. The maximum absolute atomic E-state index is 13.5. The number of benzene rings is 1. The molecule has 0 aromatic heterocycles. The van der Waals surface area contributed by atoms with Gasteiger partial charge in [0.25, 0.3) is 9.05 Å². The summed E-state index contributed by atoms with van der Waals surface area (Å²) in [7, 11) is 0.433. The maximum Gasteiger partial charge on any atom is 0.312 e. The normalized spacial score (nSPS) is 11.1. The van der Waals surface area contributed by atoms with Gasteiger partial charge in [0.15, 0.2) is 5.75 Å². The molecule has 0 heterocycles. The van der Waals surface area contributed by atoms with E-state index in [1.807, 2.05) is 0 Å². The van der Waals surface area contributed by atoms with Crippen LogP contribution < -0.4 is 4.74 Å². The maximum atomic E-state index is 13.5. The number of nitrogens with zero attached hydrogens (tertiary/aromatic N) is 1. The van der Waals surface area contributed by atoms with Crippen LogP contribution in [-0.4, -0.2) is 31.0 Å². The SMILES string of the molecule is O=C(O)CCOc1cc(F)c(S(=O)(=O)Cl)cc1[N+](=O)[O-]. The fourth-order valence-electron chi connectivity index (χ4n) is 1.22. The molecule has 0 aliphatic carbocycles. The van der Waals surface area contributed by atoms with Gasteiger partial charge >= 0.3 is 11.7 Å². The molecule has 1 rings (SSSR count). The Morgan fingerprint density at radius 3 is 2.55 bits per heavy atom. The second kappa shape index (κ2) is 6.01. The number of carboxylic acid groups (broad SMARTS) is 1. The first-order valence-corrected chi connectivity index (χ1v) is 7.21. The average Bonchev–Trinajstić information content (AvgIpc) is 2.26. The molecular weight excluding hydrogens is 321 g/mol. The van der Waals surface area contributed by atoms with Crippen molar-refractivity contribution in [3.05, 3.63) is 28.1 Å². The fraction of sp³-hybridized carbons (Fsp3) is 0.222. The van der Waals surface area contributed by atoms with E-state index in [-0.39, 0.29) is 0 Å². The van der Waals surface area contributed by atoms with E-state index in [0.717, 1.165) is 0 Å². The molecule has 20 heavy (non-hydrogen) atoms. The van der Waals surface area contributed by atoms with Gasteiger partial charge in [0.1, 0.15) is 10.7 Å². The number of nitro benzene ring substituents is 1. The van der Waals surface area contributed by atoms with Crippen molar-refractivity contribution in [2.45, 2.75) is 11.3 Å². The first-order chi connectivity index (χ1) is 9.12. The minimum absolute atomic E-state index is 0.410. The summed E-state index contributed by atoms with van der Waals surface area (Å²) < 4.78 is 40.3. The van der Waals surface area contributed by atoms with Crippen molar-refractivity contribution in [1.82, 2.24) is 0 Å². The highest BCUT2D eigenvalue weighted by atomic mass is 35.7. The molecule has 0 amide bonds. The molecule has 0 fully saturated rings. The van der Waals surface area contributed by atoms with Crippen LogP contribution in [-0.2, 0) is 13.8 Å². The van der Waals surface area contributed by atoms with Gasteiger partial charge < -0.3 is 9.84 Å². The number of hydrogen-bond donors (Lipinski definition) is 1. The molecule has 0 aliphatic rings. The summed E-state index contributed by atoms with van der Waals surface area (Å²) in [5.74, 6) is -3.14. The van der Waals surface area contributed by atoms with Crippen LogP contribution in [0, 0.1) is 15.9 Å². The Hall–Kier alpha value is -1.94. The predicted molar refractivity (Wildman–Crippen MR) is 63.8 cm³/mol. The molecule has 1 N–H and O–H groups in total. The number of carbonyl (C=O) groups is 1. The lowest BCUT2D eigenvalue weighted by Crippen LogP contribution is -2.07. The van der Waals surface area contributed by atoms with Crippen LogP contribution in [0.2, 0.25) is 0 Å². The number of hydrogen-bond acceptors (Lipinski definition) is 6. The number of ether oxygens (including phenoxy) is 1. The predicted octanol–water partition coefficient (Wildman–Crippen LogP) is 1.51. The molecule has 0 aliphatic heterocycles. The van der Waals surface area contributed by atoms with E-state index < -0.39 is 55.1 Å². The lowest BCUT2D eigenvalue weighted by Gasteiger charge is -2.07. The van der Waals surface area contributed by atoms with Crippen molar-refractivity contribution in [3.63, 3.8) is 0 Å². The van der Waals surface area contributed by atoms with Crippen molar-refractivity contribution in [1.29, 1.82) is 0 Å². The summed E-state index contributed by atoms with van der Waals surface area (Å²) in [6.07, 6.45) is -0.464. The summed E-state index contributed by atoms with van der Waals surface area (Å²) in [6.45, 7) is -0.442. The van der Waals surface area contributed by atoms with Crippen LogP contribution in [0.3, 0.4) is 0 Å². The Labute approximate surface area is 116 Å². The quantitative estimate of drug-likeness (QED) is 0.477. The Morgan fingerprint density at radius 2 is 2.10 bits per heavy atom. The summed E-state index contributed by atoms with van der Waals surface area (Å²) in [6, 6.07) is 0.878. The van der Waals surface area contributed by atoms with Crippen LogP contribution in [0.4, 0.5) is 10.1 Å². The lowest BCUT2D eigenvalue weighted by molar-refractivity contribution is -0.386. The van der Waals surface area contributed by atoms with Gasteiger partial charge in [-0.25, -0.2) is 12.8 Å². The monoisotopic (exact) mass is 327 g/mol. The molecule has 110 valence electrons. The highest BCUT2D eigenvalue weighted by Crippen LogP contribution is 2.33. The highest BCUT2D eigenvalue weighted by molar-refractivity contribution is 8.13. The molecule has 8 nitrogen and oxygen atoms in total. The van der Waals surface area contributed by atoms with Gasteiger partial charge in [-0.2, -0.15) is 0 Å². The molecule has 0 unspecified atom stereocenters. The standard InChI is InChI=1S/C9H7ClFNO7S/c10-20(17,18)8-4-6(12(15)16)7(3-5(8)11)19-2-1-9(13)14/h3-4H,1-2H2,(H,13,14). The van der Waals surface area contributed by atoms with Gasteiger partial charge in [-0.05, 0) is 0 Å². The van der Waals surface area contributed by atoms with Gasteiger partial charge in [-0.1, -0.05) is 0 Å². The fourth-order valence-corrected chi connectivity index (χ4v) is 2.12. The van der Waals surface area contributed by atoms with Crippen LogP contribution in [0.25, 0.3) is 0 Å². The second-order valence-corrected chi connectivity index (χ2v) is 5.97. The van der Waals surface area contributed by atoms with Gasteiger partial charge in [0, 0.05) is 22.8 Å². The van der Waals surface area contributed by atoms with Crippen molar-refractivity contribution >= 4 is 31.4 Å². The highest BCUT2D eigenvalue weighted by Gasteiger charge is 2.25. The number of aliphatic carboxylic acids is 1. The van der Waals surface area contributed by atoms with Crippen molar-refractivity contribution in [3.8, 4) is 5.75 Å². The molecule has 0 bridgehead atoms. The zero-order valence-electron chi connectivity index (χ0n) is 9.58. The molecule has 1 aromatic rings. The Morgan fingerprint density at radius 1 is 1.50 bits per heavy atom. The molecule has 0 spiro atoms. The number of nitro groups is 1. The largest absolute Gasteiger partial charge is 0.486 e. The molecule has 0 atom stereocenters. The minimum Gasteiger partial charge on any atom is -0.486 e. The first kappa shape index (κ1) is 16.1. The second-order valence-electron chi connectivity index (χ2n) is 3.44. The molecule has 0 saturated heterocycles. The van der Waals surface area contributed by atoms with E-state index in [2.05, 4.69) is 0 Å². The van der Waals surface area contributed by atoms with E-state index in [9.17, 15) is 27.7 Å². The zero-order chi connectivity index (χ0) is 15.5. The van der Waals surface area contributed by atoms with E-state index in [1.54, 1.807) is 0 Å². The Kier molecular flexibility index (Phi) is 4.84.